The zero-order valence-corrected chi connectivity index (χ0v) is 11.7. The molecule has 1 amide bonds. The maximum absolute atomic E-state index is 12.7. The number of carbonyl (C=O) groups excluding carboxylic acids is 1. The van der Waals surface area contributed by atoms with E-state index in [0.29, 0.717) is 25.5 Å². The van der Waals surface area contributed by atoms with E-state index >= 15 is 0 Å². The van der Waals surface area contributed by atoms with Crippen LogP contribution >= 0.6 is 0 Å². The van der Waals surface area contributed by atoms with E-state index in [4.69, 9.17) is 9.47 Å². The SMILES string of the molecule is CCOc1c2n(ccc1=O)C[C@@H]1OCC[C@@H](C)N1C2=O. The minimum absolute atomic E-state index is 0.111. The zero-order valence-electron chi connectivity index (χ0n) is 11.7. The molecule has 0 spiro atoms. The summed E-state index contributed by atoms with van der Waals surface area (Å²) < 4.78 is 12.8. The van der Waals surface area contributed by atoms with Crippen LogP contribution in [0, 0.1) is 0 Å². The van der Waals surface area contributed by atoms with Gasteiger partial charge in [0.05, 0.1) is 19.8 Å². The summed E-state index contributed by atoms with van der Waals surface area (Å²) in [7, 11) is 0. The molecule has 0 aromatic carbocycles. The van der Waals surface area contributed by atoms with Crippen LogP contribution in [0.25, 0.3) is 0 Å². The van der Waals surface area contributed by atoms with Crippen LogP contribution in [0.3, 0.4) is 0 Å². The number of aromatic nitrogens is 1. The molecule has 0 radical (unpaired) electrons. The van der Waals surface area contributed by atoms with Gasteiger partial charge in [-0.1, -0.05) is 0 Å². The predicted octanol–water partition coefficient (Wildman–Crippen LogP) is 0.838. The lowest BCUT2D eigenvalue weighted by atomic mass is 10.1. The van der Waals surface area contributed by atoms with Crippen molar-refractivity contribution in [2.45, 2.75) is 39.1 Å². The first-order chi connectivity index (χ1) is 9.63. The van der Waals surface area contributed by atoms with Crippen LogP contribution in [-0.2, 0) is 11.3 Å². The molecule has 108 valence electrons. The Bertz CT molecular complexity index is 595. The van der Waals surface area contributed by atoms with E-state index in [-0.39, 0.29) is 29.4 Å². The molecule has 6 nitrogen and oxygen atoms in total. The highest BCUT2D eigenvalue weighted by Crippen LogP contribution is 2.28. The molecule has 20 heavy (non-hydrogen) atoms. The van der Waals surface area contributed by atoms with Crippen molar-refractivity contribution in [3.8, 4) is 5.75 Å². The number of ether oxygens (including phenoxy) is 2. The van der Waals surface area contributed by atoms with E-state index in [0.717, 1.165) is 6.42 Å². The highest BCUT2D eigenvalue weighted by Gasteiger charge is 2.40. The third-order valence-electron chi connectivity index (χ3n) is 3.84. The number of nitrogens with zero attached hydrogens (tertiary/aromatic N) is 2. The van der Waals surface area contributed by atoms with Gasteiger partial charge >= 0.3 is 0 Å². The van der Waals surface area contributed by atoms with Crippen molar-refractivity contribution in [1.29, 1.82) is 0 Å². The van der Waals surface area contributed by atoms with Gasteiger partial charge in [-0.3, -0.25) is 9.59 Å². The van der Waals surface area contributed by atoms with Gasteiger partial charge in [0.25, 0.3) is 5.91 Å². The molecular formula is C14H18N2O4. The average Bonchev–Trinajstić information content (AvgIpc) is 2.42. The van der Waals surface area contributed by atoms with Gasteiger partial charge < -0.3 is 18.9 Å². The number of carbonyl (C=O) groups is 1. The van der Waals surface area contributed by atoms with Crippen molar-refractivity contribution in [3.05, 3.63) is 28.2 Å². The normalized spacial score (nSPS) is 25.1. The number of pyridine rings is 1. The Morgan fingerprint density at radius 3 is 3.00 bits per heavy atom. The second-order valence-corrected chi connectivity index (χ2v) is 5.12. The summed E-state index contributed by atoms with van der Waals surface area (Å²) >= 11 is 0. The minimum Gasteiger partial charge on any atom is -0.488 e. The zero-order chi connectivity index (χ0) is 14.3. The van der Waals surface area contributed by atoms with Crippen molar-refractivity contribution in [2.75, 3.05) is 13.2 Å². The number of amides is 1. The molecule has 1 aromatic heterocycles. The summed E-state index contributed by atoms with van der Waals surface area (Å²) in [5.41, 5.74) is 0.0865. The first-order valence-corrected chi connectivity index (χ1v) is 6.94. The molecule has 0 aliphatic carbocycles. The topological polar surface area (TPSA) is 60.8 Å². The Kier molecular flexibility index (Phi) is 3.25. The van der Waals surface area contributed by atoms with Crippen LogP contribution in [0.15, 0.2) is 17.1 Å². The van der Waals surface area contributed by atoms with Crippen molar-refractivity contribution in [1.82, 2.24) is 9.47 Å². The van der Waals surface area contributed by atoms with Crippen LogP contribution in [0.2, 0.25) is 0 Å². The lowest BCUT2D eigenvalue weighted by Crippen LogP contribution is -2.56. The fraction of sp³-hybridized carbons (Fsp3) is 0.571. The molecule has 3 heterocycles. The van der Waals surface area contributed by atoms with Crippen LogP contribution in [-0.4, -0.2) is 40.9 Å². The Morgan fingerprint density at radius 1 is 1.45 bits per heavy atom. The summed E-state index contributed by atoms with van der Waals surface area (Å²) in [5, 5.41) is 0. The molecule has 1 fully saturated rings. The lowest BCUT2D eigenvalue weighted by Gasteiger charge is -2.44. The Morgan fingerprint density at radius 2 is 2.25 bits per heavy atom. The Balaban J connectivity index is 2.11. The van der Waals surface area contributed by atoms with E-state index < -0.39 is 0 Å². The fourth-order valence-corrected chi connectivity index (χ4v) is 2.85. The molecule has 0 saturated carbocycles. The fourth-order valence-electron chi connectivity index (χ4n) is 2.85. The molecule has 2 aliphatic heterocycles. The quantitative estimate of drug-likeness (QED) is 0.804. The standard InChI is InChI=1S/C14H18N2O4/c1-3-19-13-10(17)4-6-15-8-11-16(14(18)12(13)15)9(2)5-7-20-11/h4,6,9,11H,3,5,7-8H2,1-2H3/t9-,11+/m1/s1. The molecule has 1 aromatic rings. The second-order valence-electron chi connectivity index (χ2n) is 5.12. The number of fused-ring (bicyclic) bond motifs is 2. The summed E-state index contributed by atoms with van der Waals surface area (Å²) in [6, 6.07) is 1.55. The van der Waals surface area contributed by atoms with Gasteiger partial charge in [0.2, 0.25) is 5.43 Å². The van der Waals surface area contributed by atoms with Crippen LogP contribution in [0.1, 0.15) is 30.8 Å². The molecule has 6 heteroatoms. The Labute approximate surface area is 116 Å². The molecule has 2 aliphatic rings. The van der Waals surface area contributed by atoms with E-state index in [2.05, 4.69) is 0 Å². The van der Waals surface area contributed by atoms with Gasteiger partial charge in [-0.25, -0.2) is 0 Å². The smallest absolute Gasteiger partial charge is 0.276 e. The summed E-state index contributed by atoms with van der Waals surface area (Å²) in [6.07, 6.45) is 2.19. The van der Waals surface area contributed by atoms with E-state index in [1.54, 1.807) is 22.6 Å². The van der Waals surface area contributed by atoms with Crippen LogP contribution < -0.4 is 10.2 Å². The van der Waals surface area contributed by atoms with Crippen molar-refractivity contribution in [3.63, 3.8) is 0 Å². The minimum atomic E-state index is -0.254. The molecule has 0 bridgehead atoms. The molecule has 1 saturated heterocycles. The lowest BCUT2D eigenvalue weighted by molar-refractivity contribution is -0.112. The molecular weight excluding hydrogens is 260 g/mol. The van der Waals surface area contributed by atoms with Crippen molar-refractivity contribution >= 4 is 5.91 Å². The third kappa shape index (κ3) is 1.91. The Hall–Kier alpha value is -1.82. The molecule has 3 rings (SSSR count). The monoisotopic (exact) mass is 278 g/mol. The summed E-state index contributed by atoms with van der Waals surface area (Å²) in [5.74, 6) is -0.0363. The predicted molar refractivity (Wildman–Crippen MR) is 71.9 cm³/mol. The van der Waals surface area contributed by atoms with Crippen LogP contribution in [0.5, 0.6) is 5.75 Å². The van der Waals surface area contributed by atoms with Gasteiger partial charge in [0, 0.05) is 18.3 Å². The first-order valence-electron chi connectivity index (χ1n) is 6.94. The van der Waals surface area contributed by atoms with Gasteiger partial charge in [-0.05, 0) is 20.3 Å². The van der Waals surface area contributed by atoms with Gasteiger partial charge in [0.15, 0.2) is 17.7 Å². The number of hydrogen-bond acceptors (Lipinski definition) is 4. The summed E-state index contributed by atoms with van der Waals surface area (Å²) in [6.45, 7) is 5.35. The van der Waals surface area contributed by atoms with Crippen molar-refractivity contribution < 1.29 is 14.3 Å². The largest absolute Gasteiger partial charge is 0.488 e. The highest BCUT2D eigenvalue weighted by atomic mass is 16.5. The number of hydrogen-bond donors (Lipinski definition) is 0. The van der Waals surface area contributed by atoms with Crippen molar-refractivity contribution in [2.24, 2.45) is 0 Å². The van der Waals surface area contributed by atoms with E-state index in [1.807, 2.05) is 6.92 Å². The van der Waals surface area contributed by atoms with Gasteiger partial charge in [-0.2, -0.15) is 0 Å². The second kappa shape index (κ2) is 4.94. The highest BCUT2D eigenvalue weighted by molar-refractivity contribution is 5.96. The van der Waals surface area contributed by atoms with Gasteiger partial charge in [-0.15, -0.1) is 0 Å². The third-order valence-corrected chi connectivity index (χ3v) is 3.84. The van der Waals surface area contributed by atoms with Crippen LogP contribution in [0.4, 0.5) is 0 Å². The molecule has 0 N–H and O–H groups in total. The molecule has 0 unspecified atom stereocenters. The first kappa shape index (κ1) is 13.2. The van der Waals surface area contributed by atoms with E-state index in [1.165, 1.54) is 6.07 Å². The van der Waals surface area contributed by atoms with E-state index in [9.17, 15) is 9.59 Å². The maximum atomic E-state index is 12.7. The van der Waals surface area contributed by atoms with Gasteiger partial charge in [0.1, 0.15) is 0 Å². The maximum Gasteiger partial charge on any atom is 0.276 e. The summed E-state index contributed by atoms with van der Waals surface area (Å²) in [4.78, 5) is 26.4. The average molecular weight is 278 g/mol. The molecule has 2 atom stereocenters. The number of rotatable bonds is 2.